The Balaban J connectivity index is 2.78. The maximum absolute atomic E-state index is 9.75. The van der Waals surface area contributed by atoms with Crippen LogP contribution in [0.15, 0.2) is 29.2 Å². The van der Waals surface area contributed by atoms with Gasteiger partial charge in [0.1, 0.15) is 0 Å². The molecule has 3 nitrogen and oxygen atoms in total. The van der Waals surface area contributed by atoms with Gasteiger partial charge in [-0.2, -0.15) is 0 Å². The third-order valence-corrected chi connectivity index (χ3v) is 5.40. The van der Waals surface area contributed by atoms with E-state index in [0.717, 1.165) is 23.3 Å². The minimum atomic E-state index is -3.25. The van der Waals surface area contributed by atoms with Crippen molar-refractivity contribution in [2.75, 3.05) is 6.61 Å². The lowest BCUT2D eigenvalue weighted by Gasteiger charge is -2.13. The molecule has 0 aromatic heterocycles. The van der Waals surface area contributed by atoms with E-state index in [1.54, 1.807) is 0 Å². The molecule has 0 fully saturated rings. The molecule has 0 radical (unpaired) electrons. The lowest BCUT2D eigenvalue weighted by molar-refractivity contribution is 0.247. The molecular formula is C11H19O3PS. The van der Waals surface area contributed by atoms with Crippen LogP contribution in [-0.2, 0) is 15.5 Å². The second-order valence-electron chi connectivity index (χ2n) is 3.59. The molecule has 1 aromatic carbocycles. The van der Waals surface area contributed by atoms with E-state index in [2.05, 4.69) is 0 Å². The average Bonchev–Trinajstić information content (AvgIpc) is 2.21. The third kappa shape index (κ3) is 4.81. The Bertz CT molecular complexity index is 387. The van der Waals surface area contributed by atoms with Crippen LogP contribution in [0.1, 0.15) is 25.3 Å². The van der Waals surface area contributed by atoms with E-state index in [-0.39, 0.29) is 0 Å². The summed E-state index contributed by atoms with van der Waals surface area (Å²) in [6.45, 7) is 1.16. The molecular weight excluding hydrogens is 243 g/mol. The largest absolute Gasteiger partial charge is 0.328 e. The molecule has 5 heteroatoms. The van der Waals surface area contributed by atoms with Crippen LogP contribution in [0.5, 0.6) is 0 Å². The molecule has 16 heavy (non-hydrogen) atoms. The van der Waals surface area contributed by atoms with Crippen LogP contribution in [-0.4, -0.2) is 16.4 Å². The summed E-state index contributed by atoms with van der Waals surface area (Å²) in [6.07, 6.45) is 1.84. The standard InChI is InChI=1S/C11H19O3PS/c1-3-4-9-14-15(12,13)16-11-8-6-5-7-10(11)2/h5-8,12-13,16H,3-4,9H2,1-2H3. The molecule has 0 spiro atoms. The van der Waals surface area contributed by atoms with Gasteiger partial charge in [0, 0.05) is 4.90 Å². The topological polar surface area (TPSA) is 49.7 Å². The Labute approximate surface area is 100 Å². The van der Waals surface area contributed by atoms with Gasteiger partial charge in [-0.3, -0.25) is 0 Å². The van der Waals surface area contributed by atoms with Crippen LogP contribution < -0.4 is 0 Å². The first-order valence-electron chi connectivity index (χ1n) is 5.33. The number of thiol groups is 1. The van der Waals surface area contributed by atoms with Gasteiger partial charge in [0.15, 0.2) is 0 Å². The van der Waals surface area contributed by atoms with Crippen LogP contribution in [0.25, 0.3) is 0 Å². The summed E-state index contributed by atoms with van der Waals surface area (Å²) in [4.78, 5) is 20.4. The van der Waals surface area contributed by atoms with Crippen molar-refractivity contribution in [3.63, 3.8) is 0 Å². The minimum Gasteiger partial charge on any atom is -0.328 e. The summed E-state index contributed by atoms with van der Waals surface area (Å²) < 4.78 is 5.14. The maximum atomic E-state index is 9.75. The second-order valence-corrected chi connectivity index (χ2v) is 7.72. The van der Waals surface area contributed by atoms with Crippen molar-refractivity contribution in [2.45, 2.75) is 31.6 Å². The molecule has 0 unspecified atom stereocenters. The summed E-state index contributed by atoms with van der Waals surface area (Å²) in [7, 11) is 0.482. The van der Waals surface area contributed by atoms with Gasteiger partial charge in [-0.1, -0.05) is 42.5 Å². The first-order chi connectivity index (χ1) is 7.55. The Morgan fingerprint density at radius 2 is 2.00 bits per heavy atom. The molecule has 1 rings (SSSR count). The highest BCUT2D eigenvalue weighted by Gasteiger charge is 2.10. The molecule has 0 atom stereocenters. The van der Waals surface area contributed by atoms with Gasteiger partial charge in [0.2, 0.25) is 0 Å². The summed E-state index contributed by atoms with van der Waals surface area (Å²) in [5, 5.41) is 0. The zero-order chi connectivity index (χ0) is 12.0. The molecule has 0 amide bonds. The van der Waals surface area contributed by atoms with Crippen LogP contribution >= 0.6 is 6.72 Å². The highest BCUT2D eigenvalue weighted by atomic mass is 32.5. The first-order valence-corrected chi connectivity index (χ1v) is 8.54. The molecule has 0 saturated carbocycles. The number of rotatable bonds is 5. The maximum Gasteiger partial charge on any atom is 0.281 e. The normalized spacial score (nSPS) is 11.8. The predicted molar refractivity (Wildman–Crippen MR) is 70.4 cm³/mol. The summed E-state index contributed by atoms with van der Waals surface area (Å²) in [5.74, 6) is 0. The van der Waals surface area contributed by atoms with Crippen molar-refractivity contribution in [1.82, 2.24) is 0 Å². The van der Waals surface area contributed by atoms with Crippen molar-refractivity contribution >= 4 is 17.7 Å². The lowest BCUT2D eigenvalue weighted by Crippen LogP contribution is -1.93. The Morgan fingerprint density at radius 1 is 1.31 bits per heavy atom. The van der Waals surface area contributed by atoms with Gasteiger partial charge >= 0.3 is 0 Å². The summed E-state index contributed by atoms with van der Waals surface area (Å²) in [5.41, 5.74) is 1.05. The lowest BCUT2D eigenvalue weighted by atomic mass is 10.2. The average molecular weight is 262 g/mol. The third-order valence-electron chi connectivity index (χ3n) is 2.12. The first kappa shape index (κ1) is 13.9. The van der Waals surface area contributed by atoms with Crippen molar-refractivity contribution in [1.29, 1.82) is 0 Å². The molecule has 92 valence electrons. The van der Waals surface area contributed by atoms with E-state index >= 15 is 0 Å². The number of hydrogen-bond acceptors (Lipinski definition) is 1. The van der Waals surface area contributed by atoms with Crippen LogP contribution in [0.4, 0.5) is 0 Å². The Kier molecular flexibility index (Phi) is 5.73. The quantitative estimate of drug-likeness (QED) is 0.434. The minimum absolute atomic E-state index is 0.413. The van der Waals surface area contributed by atoms with E-state index in [4.69, 9.17) is 4.52 Å². The Hall–Kier alpha value is -0.120. The van der Waals surface area contributed by atoms with Gasteiger partial charge in [-0.25, -0.2) is 0 Å². The van der Waals surface area contributed by atoms with E-state index in [9.17, 15) is 9.79 Å². The molecule has 0 aliphatic rings. The monoisotopic (exact) mass is 262 g/mol. The number of hydrogen-bond donors (Lipinski definition) is 3. The van der Waals surface area contributed by atoms with E-state index in [1.165, 1.54) is 0 Å². The zero-order valence-electron chi connectivity index (χ0n) is 9.63. The van der Waals surface area contributed by atoms with Crippen molar-refractivity contribution in [3.8, 4) is 0 Å². The fraction of sp³-hybridized carbons (Fsp3) is 0.455. The van der Waals surface area contributed by atoms with Crippen LogP contribution in [0.3, 0.4) is 0 Å². The van der Waals surface area contributed by atoms with Gasteiger partial charge in [-0.15, -0.1) is 0 Å². The number of unbranched alkanes of at least 4 members (excludes halogenated alkanes) is 1. The molecule has 0 aliphatic carbocycles. The van der Waals surface area contributed by atoms with Gasteiger partial charge in [-0.05, 0) is 25.0 Å². The van der Waals surface area contributed by atoms with E-state index in [1.807, 2.05) is 38.1 Å². The fourth-order valence-corrected chi connectivity index (χ4v) is 4.21. The molecule has 2 N–H and O–H groups in total. The molecule has 1 aromatic rings. The Morgan fingerprint density at radius 3 is 2.62 bits per heavy atom. The van der Waals surface area contributed by atoms with Crippen molar-refractivity contribution in [3.05, 3.63) is 29.8 Å². The fourth-order valence-electron chi connectivity index (χ4n) is 1.18. The van der Waals surface area contributed by atoms with Crippen molar-refractivity contribution < 1.29 is 14.3 Å². The van der Waals surface area contributed by atoms with E-state index < -0.39 is 6.72 Å². The highest BCUT2D eigenvalue weighted by molar-refractivity contribution is 8.16. The van der Waals surface area contributed by atoms with Crippen molar-refractivity contribution in [2.24, 2.45) is 0 Å². The van der Waals surface area contributed by atoms with Crippen LogP contribution in [0.2, 0.25) is 0 Å². The highest BCUT2D eigenvalue weighted by Crippen LogP contribution is 2.41. The molecule has 0 saturated heterocycles. The van der Waals surface area contributed by atoms with Gasteiger partial charge in [0.25, 0.3) is 6.72 Å². The second kappa shape index (κ2) is 6.58. The number of benzene rings is 1. The molecule has 0 aliphatic heterocycles. The predicted octanol–water partition coefficient (Wildman–Crippen LogP) is 2.65. The SMILES string of the molecule is CCCCOP(O)(O)=[SH]c1ccccc1C. The molecule has 0 heterocycles. The summed E-state index contributed by atoms with van der Waals surface area (Å²) in [6, 6.07) is 7.66. The van der Waals surface area contributed by atoms with E-state index in [0.29, 0.717) is 17.5 Å². The number of aryl methyl sites for hydroxylation is 1. The molecule has 0 bridgehead atoms. The van der Waals surface area contributed by atoms with Gasteiger partial charge < -0.3 is 14.3 Å². The smallest absolute Gasteiger partial charge is 0.281 e. The summed E-state index contributed by atoms with van der Waals surface area (Å²) >= 11 is 0. The zero-order valence-corrected chi connectivity index (χ0v) is 11.4. The van der Waals surface area contributed by atoms with Gasteiger partial charge in [0.05, 0.1) is 6.61 Å². The van der Waals surface area contributed by atoms with Crippen LogP contribution in [0, 0.1) is 6.92 Å².